The molecule has 0 bridgehead atoms. The summed E-state index contributed by atoms with van der Waals surface area (Å²) in [7, 11) is 0. The first-order valence-electron chi connectivity index (χ1n) is 10.6. The molecule has 0 fully saturated rings. The number of anilines is 1. The molecule has 1 heterocycles. The molecule has 0 saturated carbocycles. The zero-order chi connectivity index (χ0) is 25.1. The molecule has 0 aliphatic rings. The number of halogens is 2. The molecule has 10 heteroatoms. The Hall–Kier alpha value is -3.06. The van der Waals surface area contributed by atoms with Crippen molar-refractivity contribution in [3.8, 4) is 6.07 Å². The van der Waals surface area contributed by atoms with E-state index in [0.29, 0.717) is 0 Å². The second-order valence-electron chi connectivity index (χ2n) is 9.98. The Morgan fingerprint density at radius 3 is 2.39 bits per heavy atom. The van der Waals surface area contributed by atoms with Gasteiger partial charge in [0, 0.05) is 25.0 Å². The summed E-state index contributed by atoms with van der Waals surface area (Å²) in [5.74, 6) is -3.06. The van der Waals surface area contributed by atoms with Gasteiger partial charge in [0.2, 0.25) is 11.9 Å². The lowest BCUT2D eigenvalue weighted by atomic mass is 9.92. The molecule has 0 radical (unpaired) electrons. The van der Waals surface area contributed by atoms with Crippen molar-refractivity contribution < 1.29 is 28.2 Å². The van der Waals surface area contributed by atoms with Crippen LogP contribution in [0.3, 0.4) is 0 Å². The minimum atomic E-state index is -0.953. The third-order valence-electron chi connectivity index (χ3n) is 4.71. The maximum Gasteiger partial charge on any atom is 0.307 e. The highest BCUT2D eigenvalue weighted by atomic mass is 19.1. The molecule has 8 nitrogen and oxygen atoms in total. The largest absolute Gasteiger partial charge is 0.444 e. The van der Waals surface area contributed by atoms with Crippen molar-refractivity contribution in [1.82, 2.24) is 9.55 Å². The monoisotopic (exact) mass is 464 g/mol. The Kier molecular flexibility index (Phi) is 7.80. The molecule has 2 rings (SSSR count). The molecule has 1 aromatic carbocycles. The molecule has 0 atom stereocenters. The number of aromatic nitrogens is 2. The van der Waals surface area contributed by atoms with Gasteiger partial charge in [0.05, 0.1) is 5.56 Å². The summed E-state index contributed by atoms with van der Waals surface area (Å²) in [6.45, 7) is 9.98. The van der Waals surface area contributed by atoms with E-state index in [0.717, 1.165) is 11.0 Å². The Morgan fingerprint density at radius 1 is 1.24 bits per heavy atom. The zero-order valence-electron chi connectivity index (χ0n) is 19.8. The number of rotatable bonds is 7. The number of nitriles is 1. The van der Waals surface area contributed by atoms with E-state index in [1.165, 1.54) is 4.57 Å². The van der Waals surface area contributed by atoms with Gasteiger partial charge < -0.3 is 14.4 Å². The van der Waals surface area contributed by atoms with Crippen molar-refractivity contribution in [2.45, 2.75) is 66.3 Å². The normalized spacial score (nSPS) is 12.0. The number of imidazole rings is 1. The molecule has 1 aromatic heterocycles. The molecule has 1 amide bonds. The summed E-state index contributed by atoms with van der Waals surface area (Å²) in [5, 5.41) is 18.1. The maximum absolute atomic E-state index is 15.2. The number of carbonyl (C=O) groups is 2. The number of ether oxygens (including phenoxy) is 1. The lowest BCUT2D eigenvalue weighted by molar-refractivity contribution is -0.144. The number of hydrogen-bond donors (Lipinski definition) is 1. The van der Waals surface area contributed by atoms with E-state index in [4.69, 9.17) is 9.84 Å². The Morgan fingerprint density at radius 2 is 1.88 bits per heavy atom. The minimum Gasteiger partial charge on any atom is -0.444 e. The number of nitrogens with zero attached hydrogens (tertiary/aromatic N) is 4. The average Bonchev–Trinajstić information content (AvgIpc) is 3.09. The number of fused-ring (bicyclic) bond motifs is 1. The summed E-state index contributed by atoms with van der Waals surface area (Å²) in [6.07, 6.45) is 0.188. The van der Waals surface area contributed by atoms with Crippen LogP contribution in [0.15, 0.2) is 6.07 Å². The van der Waals surface area contributed by atoms with Crippen LogP contribution in [0.1, 0.15) is 66.4 Å². The molecule has 33 heavy (non-hydrogen) atoms. The third kappa shape index (κ3) is 6.05. The predicted octanol–water partition coefficient (Wildman–Crippen LogP) is 3.98. The number of benzene rings is 1. The van der Waals surface area contributed by atoms with Crippen molar-refractivity contribution in [2.75, 3.05) is 18.2 Å². The van der Waals surface area contributed by atoms with Crippen LogP contribution < -0.4 is 4.90 Å². The van der Waals surface area contributed by atoms with Crippen molar-refractivity contribution in [3.63, 3.8) is 0 Å². The van der Waals surface area contributed by atoms with Crippen LogP contribution >= 0.6 is 0 Å². The smallest absolute Gasteiger partial charge is 0.307 e. The quantitative estimate of drug-likeness (QED) is 0.490. The van der Waals surface area contributed by atoms with Gasteiger partial charge in [-0.25, -0.2) is 18.7 Å². The van der Waals surface area contributed by atoms with E-state index in [1.54, 1.807) is 26.8 Å². The van der Waals surface area contributed by atoms with Crippen molar-refractivity contribution in [2.24, 2.45) is 5.41 Å². The number of amides is 1. The molecule has 0 aliphatic carbocycles. The number of aliphatic hydroxyl groups excluding tert-OH is 1. The van der Waals surface area contributed by atoms with Crippen LogP contribution in [-0.2, 0) is 19.9 Å². The molecule has 1 N–H and O–H groups in total. The summed E-state index contributed by atoms with van der Waals surface area (Å²) >= 11 is 0. The van der Waals surface area contributed by atoms with Gasteiger partial charge in [-0.1, -0.05) is 20.8 Å². The fourth-order valence-electron chi connectivity index (χ4n) is 3.28. The number of hydrogen-bond acceptors (Lipinski definition) is 6. The van der Waals surface area contributed by atoms with Gasteiger partial charge in [0.15, 0.2) is 18.4 Å². The predicted molar refractivity (Wildman–Crippen MR) is 118 cm³/mol. The van der Waals surface area contributed by atoms with Crippen LogP contribution in [-0.4, -0.2) is 39.9 Å². The topological polar surface area (TPSA) is 108 Å². The lowest BCUT2D eigenvalue weighted by Crippen LogP contribution is -2.40. The molecule has 0 unspecified atom stereocenters. The van der Waals surface area contributed by atoms with Gasteiger partial charge in [-0.15, -0.1) is 0 Å². The molecular weight excluding hydrogens is 434 g/mol. The van der Waals surface area contributed by atoms with Gasteiger partial charge in [-0.3, -0.25) is 9.59 Å². The average molecular weight is 465 g/mol. The van der Waals surface area contributed by atoms with Crippen molar-refractivity contribution >= 4 is 28.9 Å². The fourth-order valence-corrected chi connectivity index (χ4v) is 3.28. The first kappa shape index (κ1) is 26.2. The van der Waals surface area contributed by atoms with Gasteiger partial charge in [0.1, 0.15) is 17.1 Å². The van der Waals surface area contributed by atoms with Crippen molar-refractivity contribution in [1.29, 1.82) is 5.26 Å². The van der Waals surface area contributed by atoms with E-state index < -0.39 is 46.8 Å². The van der Waals surface area contributed by atoms with Crippen LogP contribution in [0.2, 0.25) is 0 Å². The molecule has 2 aromatic rings. The highest BCUT2D eigenvalue weighted by Crippen LogP contribution is 2.35. The minimum absolute atomic E-state index is 0.0446. The lowest BCUT2D eigenvalue weighted by Gasteiger charge is -2.30. The fraction of sp³-hybridized carbons (Fsp3) is 0.565. The molecule has 180 valence electrons. The Bertz CT molecular complexity index is 1090. The molecule has 0 spiro atoms. The van der Waals surface area contributed by atoms with Crippen LogP contribution in [0.4, 0.5) is 14.7 Å². The maximum atomic E-state index is 15.2. The standard InChI is InChI=1S/C23H30F2N4O4/c1-22(2,3)11-16(31)28(13-33-17(32)8-7-9-30)21-27-19-15(24)10-14(12-26)18(25)20(19)29(21)23(4,5)6/h10,30H,7-9,11,13H2,1-6H3. The van der Waals surface area contributed by atoms with Gasteiger partial charge in [0.25, 0.3) is 0 Å². The Labute approximate surface area is 191 Å². The number of aliphatic hydroxyl groups is 1. The SMILES string of the molecule is CC(C)(C)CC(=O)N(COC(=O)CCCO)c1nc2c(F)cc(C#N)c(F)c2n1C(C)(C)C. The highest BCUT2D eigenvalue weighted by molar-refractivity contribution is 5.94. The first-order valence-corrected chi connectivity index (χ1v) is 10.6. The van der Waals surface area contributed by atoms with Crippen LogP contribution in [0.5, 0.6) is 0 Å². The summed E-state index contributed by atoms with van der Waals surface area (Å²) in [4.78, 5) is 30.6. The molecule has 0 aliphatic heterocycles. The van der Waals surface area contributed by atoms with E-state index in [9.17, 15) is 19.2 Å². The number of esters is 1. The second-order valence-corrected chi connectivity index (χ2v) is 9.98. The third-order valence-corrected chi connectivity index (χ3v) is 4.71. The number of carbonyl (C=O) groups excluding carboxylic acids is 2. The van der Waals surface area contributed by atoms with Gasteiger partial charge in [-0.2, -0.15) is 5.26 Å². The second kappa shape index (κ2) is 9.83. The highest BCUT2D eigenvalue weighted by Gasteiger charge is 2.33. The van der Waals surface area contributed by atoms with Gasteiger partial charge >= 0.3 is 5.97 Å². The molecule has 0 saturated heterocycles. The van der Waals surface area contributed by atoms with Crippen LogP contribution in [0, 0.1) is 28.4 Å². The van der Waals surface area contributed by atoms with Gasteiger partial charge in [-0.05, 0) is 38.7 Å². The summed E-state index contributed by atoms with van der Waals surface area (Å²) in [5.41, 5.74) is -2.39. The summed E-state index contributed by atoms with van der Waals surface area (Å²) < 4.78 is 36.5. The summed E-state index contributed by atoms with van der Waals surface area (Å²) in [6, 6.07) is 2.39. The first-order chi connectivity index (χ1) is 15.2. The van der Waals surface area contributed by atoms with E-state index >= 15 is 4.39 Å². The van der Waals surface area contributed by atoms with Crippen molar-refractivity contribution in [3.05, 3.63) is 23.3 Å². The van der Waals surface area contributed by atoms with E-state index in [2.05, 4.69) is 4.98 Å². The van der Waals surface area contributed by atoms with E-state index in [-0.39, 0.29) is 42.9 Å². The van der Waals surface area contributed by atoms with E-state index in [1.807, 2.05) is 20.8 Å². The molecular formula is C23H30F2N4O4. The van der Waals surface area contributed by atoms with Crippen LogP contribution in [0.25, 0.3) is 11.0 Å². The zero-order valence-corrected chi connectivity index (χ0v) is 19.8. The Balaban J connectivity index is 2.72.